The summed E-state index contributed by atoms with van der Waals surface area (Å²) in [5.41, 5.74) is 9.27. The summed E-state index contributed by atoms with van der Waals surface area (Å²) in [5.74, 6) is -0.0842. The molecule has 1 aliphatic rings. The van der Waals surface area contributed by atoms with Crippen molar-refractivity contribution in [3.05, 3.63) is 93.8 Å². The molecule has 1 fully saturated rings. The van der Waals surface area contributed by atoms with Crippen molar-refractivity contribution in [1.29, 1.82) is 5.41 Å². The van der Waals surface area contributed by atoms with E-state index in [2.05, 4.69) is 27.2 Å². The molecule has 226 valence electrons. The van der Waals surface area contributed by atoms with Crippen molar-refractivity contribution >= 4 is 28.5 Å². The van der Waals surface area contributed by atoms with Crippen LogP contribution in [0.1, 0.15) is 43.4 Å². The van der Waals surface area contributed by atoms with E-state index in [0.29, 0.717) is 60.0 Å². The van der Waals surface area contributed by atoms with Gasteiger partial charge in [0.2, 0.25) is 0 Å². The summed E-state index contributed by atoms with van der Waals surface area (Å²) in [5, 5.41) is 14.9. The van der Waals surface area contributed by atoms with Gasteiger partial charge in [-0.3, -0.25) is 9.98 Å². The van der Waals surface area contributed by atoms with Crippen LogP contribution in [-0.4, -0.2) is 52.2 Å². The molecular formula is C32H37ClFN7O2. The second-order valence-electron chi connectivity index (χ2n) is 11.0. The Morgan fingerprint density at radius 2 is 2.12 bits per heavy atom. The van der Waals surface area contributed by atoms with Crippen LogP contribution < -0.4 is 22.1 Å². The number of ether oxygens (including phenoxy) is 1. The molecule has 0 spiro atoms. The zero-order valence-electron chi connectivity index (χ0n) is 24.1. The molecule has 0 saturated carbocycles. The normalized spacial score (nSPS) is 17.6. The third kappa shape index (κ3) is 7.40. The lowest BCUT2D eigenvalue weighted by atomic mass is 10.0. The maximum absolute atomic E-state index is 15.1. The zero-order valence-corrected chi connectivity index (χ0v) is 24.9. The van der Waals surface area contributed by atoms with E-state index in [4.69, 9.17) is 27.5 Å². The Kier molecular flexibility index (Phi) is 9.72. The fourth-order valence-corrected chi connectivity index (χ4v) is 5.58. The van der Waals surface area contributed by atoms with Crippen LogP contribution in [-0.2, 0) is 11.2 Å². The number of nitrogens with zero attached hydrogens (tertiary/aromatic N) is 2. The van der Waals surface area contributed by atoms with Crippen LogP contribution in [0.15, 0.2) is 66.1 Å². The highest BCUT2D eigenvalue weighted by Crippen LogP contribution is 2.31. The molecule has 4 aromatic rings. The molecule has 0 bridgehead atoms. The number of aromatic amines is 1. The number of nitrogens with one attached hydrogen (secondary N) is 4. The smallest absolute Gasteiger partial charge is 0.354 e. The summed E-state index contributed by atoms with van der Waals surface area (Å²) in [6.07, 6.45) is 6.54. The predicted molar refractivity (Wildman–Crippen MR) is 170 cm³/mol. The molecule has 43 heavy (non-hydrogen) atoms. The number of benzene rings is 2. The van der Waals surface area contributed by atoms with E-state index < -0.39 is 11.5 Å². The SMILES string of the molecule is C=C[C@H](N)CCCc1cc(Cl)c(F)c(-c2cc3cn(-c4ccc([C@@H]5COC[C@@H](CCNC(C)=N)N5)cc4)c(=O)nc3[nH]2)c1. The Labute approximate surface area is 254 Å². The molecule has 6 N–H and O–H groups in total. The number of hydrogen-bond donors (Lipinski definition) is 5. The summed E-state index contributed by atoms with van der Waals surface area (Å²) < 4.78 is 22.4. The molecule has 1 saturated heterocycles. The van der Waals surface area contributed by atoms with Crippen LogP contribution in [0.25, 0.3) is 28.0 Å². The van der Waals surface area contributed by atoms with Gasteiger partial charge in [0.15, 0.2) is 5.82 Å². The quantitative estimate of drug-likeness (QED) is 0.0926. The Morgan fingerprint density at radius 3 is 2.86 bits per heavy atom. The number of amidine groups is 1. The number of morpholine rings is 1. The molecule has 0 aliphatic carbocycles. The molecule has 9 nitrogen and oxygen atoms in total. The van der Waals surface area contributed by atoms with E-state index in [1.807, 2.05) is 24.3 Å². The highest BCUT2D eigenvalue weighted by Gasteiger charge is 2.23. The van der Waals surface area contributed by atoms with Gasteiger partial charge in [0.25, 0.3) is 0 Å². The van der Waals surface area contributed by atoms with Gasteiger partial charge in [0.05, 0.1) is 41.5 Å². The maximum Gasteiger partial charge on any atom is 0.354 e. The molecule has 5 rings (SSSR count). The monoisotopic (exact) mass is 605 g/mol. The second kappa shape index (κ2) is 13.6. The van der Waals surface area contributed by atoms with Crippen molar-refractivity contribution in [2.45, 2.75) is 50.7 Å². The van der Waals surface area contributed by atoms with Gasteiger partial charge >= 0.3 is 5.69 Å². The van der Waals surface area contributed by atoms with Crippen molar-refractivity contribution in [2.75, 3.05) is 19.8 Å². The lowest BCUT2D eigenvalue weighted by Gasteiger charge is -2.31. The Hall–Kier alpha value is -3.83. The van der Waals surface area contributed by atoms with E-state index >= 15 is 4.39 Å². The van der Waals surface area contributed by atoms with Gasteiger partial charge < -0.3 is 26.1 Å². The summed E-state index contributed by atoms with van der Waals surface area (Å²) in [7, 11) is 0. The molecule has 0 amide bonds. The van der Waals surface area contributed by atoms with Gasteiger partial charge in [-0.05, 0) is 74.1 Å². The number of rotatable bonds is 11. The molecule has 2 aromatic carbocycles. The van der Waals surface area contributed by atoms with Gasteiger partial charge in [-0.2, -0.15) is 4.98 Å². The van der Waals surface area contributed by atoms with Crippen molar-refractivity contribution < 1.29 is 9.13 Å². The second-order valence-corrected chi connectivity index (χ2v) is 11.4. The number of nitrogens with two attached hydrogens (primary N) is 1. The zero-order chi connectivity index (χ0) is 30.5. The Bertz CT molecular complexity index is 1670. The van der Waals surface area contributed by atoms with Gasteiger partial charge in [0, 0.05) is 35.8 Å². The number of halogens is 2. The number of fused-ring (bicyclic) bond motifs is 1. The summed E-state index contributed by atoms with van der Waals surface area (Å²) in [6, 6.07) is 13.0. The van der Waals surface area contributed by atoms with Crippen molar-refractivity contribution in [3.63, 3.8) is 0 Å². The molecule has 1 aliphatic heterocycles. The molecule has 3 heterocycles. The molecular weight excluding hydrogens is 569 g/mol. The summed E-state index contributed by atoms with van der Waals surface area (Å²) in [6.45, 7) is 7.32. The van der Waals surface area contributed by atoms with E-state index in [1.165, 1.54) is 4.57 Å². The molecule has 0 unspecified atom stereocenters. The van der Waals surface area contributed by atoms with Crippen LogP contribution in [0.3, 0.4) is 0 Å². The largest absolute Gasteiger partial charge is 0.378 e. The first-order chi connectivity index (χ1) is 20.7. The highest BCUT2D eigenvalue weighted by molar-refractivity contribution is 6.31. The van der Waals surface area contributed by atoms with Gasteiger partial charge in [0.1, 0.15) is 5.65 Å². The minimum Gasteiger partial charge on any atom is -0.378 e. The standard InChI is InChI=1S/C32H37ClFN7O2/c1-3-23(36)6-4-5-20-13-26(30(34)27(33)14-20)28-15-22-16-41(32(42)40-31(22)39-28)25-9-7-21(8-10-25)29-18-43-17-24(38-29)11-12-37-19(2)35/h3,7-10,13-16,23-24,29,38H,1,4-6,11-12,17-18,36H2,2H3,(H2,35,37)(H,39,40,42)/t23-,24+,29-/m0/s1. The van der Waals surface area contributed by atoms with Crippen molar-refractivity contribution in [2.24, 2.45) is 5.73 Å². The number of hydrogen-bond acceptors (Lipinski definition) is 6. The van der Waals surface area contributed by atoms with Crippen LogP contribution in [0.4, 0.5) is 4.39 Å². The first-order valence-corrected chi connectivity index (χ1v) is 14.8. The van der Waals surface area contributed by atoms with E-state index in [0.717, 1.165) is 30.4 Å². The van der Waals surface area contributed by atoms with Crippen LogP contribution in [0, 0.1) is 11.2 Å². The minimum atomic E-state index is -0.533. The number of aromatic nitrogens is 3. The Balaban J connectivity index is 1.34. The average Bonchev–Trinajstić information content (AvgIpc) is 3.41. The fourth-order valence-electron chi connectivity index (χ4n) is 5.34. The maximum atomic E-state index is 15.1. The topological polar surface area (TPSA) is 134 Å². The highest BCUT2D eigenvalue weighted by atomic mass is 35.5. The first-order valence-electron chi connectivity index (χ1n) is 14.4. The minimum absolute atomic E-state index is 0.0228. The lowest BCUT2D eigenvalue weighted by Crippen LogP contribution is -2.45. The molecule has 0 radical (unpaired) electrons. The average molecular weight is 606 g/mol. The molecule has 11 heteroatoms. The van der Waals surface area contributed by atoms with Gasteiger partial charge in [-0.25, -0.2) is 9.18 Å². The van der Waals surface area contributed by atoms with Gasteiger partial charge in [-0.15, -0.1) is 6.58 Å². The lowest BCUT2D eigenvalue weighted by molar-refractivity contribution is 0.0431. The van der Waals surface area contributed by atoms with E-state index in [-0.39, 0.29) is 23.1 Å². The predicted octanol–water partition coefficient (Wildman–Crippen LogP) is 5.02. The number of H-pyrrole nitrogens is 1. The van der Waals surface area contributed by atoms with Crippen LogP contribution in [0.2, 0.25) is 5.02 Å². The first kappa shape index (κ1) is 30.6. The summed E-state index contributed by atoms with van der Waals surface area (Å²) >= 11 is 6.25. The third-order valence-electron chi connectivity index (χ3n) is 7.69. The third-order valence-corrected chi connectivity index (χ3v) is 7.96. The summed E-state index contributed by atoms with van der Waals surface area (Å²) in [4.78, 5) is 20.3. The molecule has 3 atom stereocenters. The van der Waals surface area contributed by atoms with Crippen LogP contribution >= 0.6 is 11.6 Å². The van der Waals surface area contributed by atoms with Crippen LogP contribution in [0.5, 0.6) is 0 Å². The van der Waals surface area contributed by atoms with Gasteiger partial charge in [-0.1, -0.05) is 29.8 Å². The number of aryl methyl sites for hydroxylation is 1. The van der Waals surface area contributed by atoms with Crippen molar-refractivity contribution in [1.82, 2.24) is 25.2 Å². The molecule has 2 aromatic heterocycles. The van der Waals surface area contributed by atoms with E-state index in [1.54, 1.807) is 37.4 Å². The van der Waals surface area contributed by atoms with Crippen molar-refractivity contribution in [3.8, 4) is 16.9 Å². The van der Waals surface area contributed by atoms with E-state index in [9.17, 15) is 4.79 Å². The fraction of sp³-hybridized carbons (Fsp3) is 0.344. The Morgan fingerprint density at radius 1 is 1.33 bits per heavy atom.